The van der Waals surface area contributed by atoms with Crippen molar-refractivity contribution in [3.05, 3.63) is 29.8 Å². The second-order valence-corrected chi connectivity index (χ2v) is 5.57. The number of rotatable bonds is 5. The average Bonchev–Trinajstić information content (AvgIpc) is 2.15. The number of carboxylic acids is 1. The molecule has 0 aromatic heterocycles. The molecule has 0 fully saturated rings. The summed E-state index contributed by atoms with van der Waals surface area (Å²) in [5.74, 6) is -1.04. The molecule has 17 heavy (non-hydrogen) atoms. The number of carbonyl (C=O) groups is 1. The minimum absolute atomic E-state index is 0.178. The maximum atomic E-state index is 11.9. The smallest absolute Gasteiger partial charge is 0.304 e. The Bertz CT molecular complexity index is 510. The quantitative estimate of drug-likeness (QED) is 0.828. The third-order valence-electron chi connectivity index (χ3n) is 2.22. The van der Waals surface area contributed by atoms with Crippen molar-refractivity contribution < 1.29 is 18.3 Å². The molecule has 2 N–H and O–H groups in total. The van der Waals surface area contributed by atoms with E-state index >= 15 is 0 Å². The summed E-state index contributed by atoms with van der Waals surface area (Å²) in [5.41, 5.74) is 0.627. The van der Waals surface area contributed by atoms with E-state index in [1.807, 2.05) is 0 Å². The molecule has 0 saturated heterocycles. The molecular weight excluding hydrogens is 242 g/mol. The summed E-state index contributed by atoms with van der Waals surface area (Å²) in [6.45, 7) is 3.21. The summed E-state index contributed by atoms with van der Waals surface area (Å²) in [4.78, 5) is 10.6. The van der Waals surface area contributed by atoms with Crippen LogP contribution in [0.2, 0.25) is 0 Å². The zero-order valence-corrected chi connectivity index (χ0v) is 10.5. The van der Waals surface area contributed by atoms with Gasteiger partial charge in [0, 0.05) is 6.04 Å². The molecule has 0 aliphatic heterocycles. The van der Waals surface area contributed by atoms with Gasteiger partial charge in [0.25, 0.3) is 0 Å². The molecule has 0 radical (unpaired) electrons. The van der Waals surface area contributed by atoms with E-state index in [2.05, 4.69) is 4.72 Å². The number of hydrogen-bond acceptors (Lipinski definition) is 3. The topological polar surface area (TPSA) is 83.5 Å². The van der Waals surface area contributed by atoms with Gasteiger partial charge in [-0.1, -0.05) is 18.2 Å². The van der Waals surface area contributed by atoms with Crippen LogP contribution in [0.15, 0.2) is 29.2 Å². The Morgan fingerprint density at radius 1 is 1.41 bits per heavy atom. The van der Waals surface area contributed by atoms with Crippen LogP contribution in [-0.2, 0) is 14.8 Å². The third-order valence-corrected chi connectivity index (χ3v) is 3.97. The summed E-state index contributed by atoms with van der Waals surface area (Å²) in [6.07, 6.45) is -0.245. The van der Waals surface area contributed by atoms with Gasteiger partial charge in [-0.2, -0.15) is 0 Å². The van der Waals surface area contributed by atoms with Crippen molar-refractivity contribution in [2.24, 2.45) is 0 Å². The highest BCUT2D eigenvalue weighted by molar-refractivity contribution is 7.89. The summed E-state index contributed by atoms with van der Waals surface area (Å²) in [7, 11) is -3.65. The predicted molar refractivity (Wildman–Crippen MR) is 63.2 cm³/mol. The summed E-state index contributed by atoms with van der Waals surface area (Å²) >= 11 is 0. The van der Waals surface area contributed by atoms with E-state index in [0.717, 1.165) is 0 Å². The minimum Gasteiger partial charge on any atom is -0.481 e. The molecule has 1 unspecified atom stereocenters. The lowest BCUT2D eigenvalue weighted by molar-refractivity contribution is -0.137. The largest absolute Gasteiger partial charge is 0.481 e. The summed E-state index contributed by atoms with van der Waals surface area (Å²) < 4.78 is 26.2. The molecule has 1 aromatic carbocycles. The van der Waals surface area contributed by atoms with Crippen LogP contribution in [0.1, 0.15) is 18.9 Å². The van der Waals surface area contributed by atoms with Crippen molar-refractivity contribution in [3.8, 4) is 0 Å². The van der Waals surface area contributed by atoms with Gasteiger partial charge in [0.1, 0.15) is 0 Å². The minimum atomic E-state index is -3.65. The fraction of sp³-hybridized carbons (Fsp3) is 0.364. The molecule has 6 heteroatoms. The molecule has 1 rings (SSSR count). The highest BCUT2D eigenvalue weighted by Gasteiger charge is 2.20. The Balaban J connectivity index is 2.90. The van der Waals surface area contributed by atoms with Gasteiger partial charge in [0.2, 0.25) is 10.0 Å². The van der Waals surface area contributed by atoms with Crippen LogP contribution in [-0.4, -0.2) is 25.5 Å². The number of hydrogen-bond donors (Lipinski definition) is 2. The second kappa shape index (κ2) is 5.29. The number of nitrogens with one attached hydrogen (secondary N) is 1. The highest BCUT2D eigenvalue weighted by Crippen LogP contribution is 2.14. The molecule has 1 atom stereocenters. The van der Waals surface area contributed by atoms with Crippen molar-refractivity contribution >= 4 is 16.0 Å². The van der Waals surface area contributed by atoms with Crippen LogP contribution in [0.5, 0.6) is 0 Å². The van der Waals surface area contributed by atoms with Crippen LogP contribution in [0.25, 0.3) is 0 Å². The Kier molecular flexibility index (Phi) is 4.25. The van der Waals surface area contributed by atoms with Crippen molar-refractivity contribution in [1.82, 2.24) is 4.72 Å². The van der Waals surface area contributed by atoms with E-state index in [9.17, 15) is 13.2 Å². The van der Waals surface area contributed by atoms with E-state index in [0.29, 0.717) is 5.56 Å². The summed E-state index contributed by atoms with van der Waals surface area (Å²) in [5, 5.41) is 8.57. The lowest BCUT2D eigenvalue weighted by atomic mass is 10.2. The molecule has 0 heterocycles. The van der Waals surface area contributed by atoms with E-state index < -0.39 is 22.0 Å². The maximum Gasteiger partial charge on any atom is 0.304 e. The number of carboxylic acid groups (broad SMARTS) is 1. The van der Waals surface area contributed by atoms with Crippen molar-refractivity contribution in [2.75, 3.05) is 0 Å². The third kappa shape index (κ3) is 3.83. The molecule has 0 aliphatic rings. The first-order chi connectivity index (χ1) is 7.83. The van der Waals surface area contributed by atoms with Gasteiger partial charge < -0.3 is 5.11 Å². The first-order valence-electron chi connectivity index (χ1n) is 5.12. The number of benzene rings is 1. The van der Waals surface area contributed by atoms with Crippen LogP contribution < -0.4 is 4.72 Å². The zero-order valence-electron chi connectivity index (χ0n) is 9.67. The molecule has 0 amide bonds. The monoisotopic (exact) mass is 257 g/mol. The molecule has 94 valence electrons. The first kappa shape index (κ1) is 13.7. The van der Waals surface area contributed by atoms with Crippen LogP contribution in [0.3, 0.4) is 0 Å². The van der Waals surface area contributed by atoms with Crippen LogP contribution in [0, 0.1) is 6.92 Å². The average molecular weight is 257 g/mol. The maximum absolute atomic E-state index is 11.9. The number of aliphatic carboxylic acids is 1. The lowest BCUT2D eigenvalue weighted by Crippen LogP contribution is -2.34. The molecular formula is C11H15NO4S. The highest BCUT2D eigenvalue weighted by atomic mass is 32.2. The van der Waals surface area contributed by atoms with Gasteiger partial charge in [0.15, 0.2) is 0 Å². The van der Waals surface area contributed by atoms with E-state index in [4.69, 9.17) is 5.11 Å². The van der Waals surface area contributed by atoms with E-state index in [1.54, 1.807) is 25.1 Å². The Labute approximate surface area is 101 Å². The Morgan fingerprint density at radius 2 is 2.00 bits per heavy atom. The molecule has 1 aromatic rings. The van der Waals surface area contributed by atoms with Crippen molar-refractivity contribution in [2.45, 2.75) is 31.2 Å². The Morgan fingerprint density at radius 3 is 2.53 bits per heavy atom. The van der Waals surface area contributed by atoms with Crippen molar-refractivity contribution in [3.63, 3.8) is 0 Å². The summed E-state index contributed by atoms with van der Waals surface area (Å²) in [6, 6.07) is 5.91. The van der Waals surface area contributed by atoms with Crippen molar-refractivity contribution in [1.29, 1.82) is 0 Å². The molecule has 0 bridgehead atoms. The van der Waals surface area contributed by atoms with Gasteiger partial charge >= 0.3 is 5.97 Å². The molecule has 0 aliphatic carbocycles. The van der Waals surface area contributed by atoms with Gasteiger partial charge in [-0.05, 0) is 25.5 Å². The van der Waals surface area contributed by atoms with Gasteiger partial charge in [0.05, 0.1) is 11.3 Å². The normalized spacial score (nSPS) is 13.3. The fourth-order valence-corrected chi connectivity index (χ4v) is 2.98. The molecule has 0 spiro atoms. The SMILES string of the molecule is Cc1ccccc1S(=O)(=O)NC(C)CC(=O)O. The van der Waals surface area contributed by atoms with Crippen LogP contribution in [0.4, 0.5) is 0 Å². The van der Waals surface area contributed by atoms with E-state index in [-0.39, 0.29) is 11.3 Å². The predicted octanol–water partition coefficient (Wildman–Crippen LogP) is 1.14. The second-order valence-electron chi connectivity index (χ2n) is 3.89. The number of aryl methyl sites for hydroxylation is 1. The zero-order chi connectivity index (χ0) is 13.1. The van der Waals surface area contributed by atoms with Gasteiger partial charge in [-0.15, -0.1) is 0 Å². The lowest BCUT2D eigenvalue weighted by Gasteiger charge is -2.13. The molecule has 0 saturated carbocycles. The van der Waals surface area contributed by atoms with Gasteiger partial charge in [-0.3, -0.25) is 4.79 Å². The molecule has 5 nitrogen and oxygen atoms in total. The number of sulfonamides is 1. The van der Waals surface area contributed by atoms with Gasteiger partial charge in [-0.25, -0.2) is 13.1 Å². The first-order valence-corrected chi connectivity index (χ1v) is 6.61. The van der Waals surface area contributed by atoms with Crippen LogP contribution >= 0.6 is 0 Å². The fourth-order valence-electron chi connectivity index (χ4n) is 1.49. The standard InChI is InChI=1S/C11H15NO4S/c1-8-5-3-4-6-10(8)17(15,16)12-9(2)7-11(13)14/h3-6,9,12H,7H2,1-2H3,(H,13,14). The van der Waals surface area contributed by atoms with E-state index in [1.165, 1.54) is 13.0 Å². The Hall–Kier alpha value is -1.40.